The number of amides is 3. The number of benzene rings is 2. The minimum absolute atomic E-state index is 0.0483. The summed E-state index contributed by atoms with van der Waals surface area (Å²) in [5, 5.41) is 2.58. The van der Waals surface area contributed by atoms with Crippen molar-refractivity contribution in [3.8, 4) is 11.5 Å². The van der Waals surface area contributed by atoms with Crippen molar-refractivity contribution in [3.63, 3.8) is 0 Å². The molecule has 1 aliphatic rings. The van der Waals surface area contributed by atoms with Crippen LogP contribution in [0, 0.1) is 0 Å². The van der Waals surface area contributed by atoms with Crippen LogP contribution in [0.2, 0.25) is 0 Å². The topological polar surface area (TPSA) is 111 Å². The highest BCUT2D eigenvalue weighted by atomic mass is 16.5. The summed E-state index contributed by atoms with van der Waals surface area (Å²) in [7, 11) is 2.94. The second-order valence-corrected chi connectivity index (χ2v) is 6.46. The molecule has 2 aromatic rings. The summed E-state index contributed by atoms with van der Waals surface area (Å²) in [5.74, 6) is -1.45. The molecule has 0 bridgehead atoms. The van der Waals surface area contributed by atoms with Crippen molar-refractivity contribution in [2.24, 2.45) is 0 Å². The molecule has 0 aliphatic carbocycles. The molecule has 31 heavy (non-hydrogen) atoms. The maximum atomic E-state index is 12.4. The van der Waals surface area contributed by atoms with E-state index in [0.717, 1.165) is 4.90 Å². The van der Waals surface area contributed by atoms with Crippen molar-refractivity contribution in [3.05, 3.63) is 65.7 Å². The predicted octanol–water partition coefficient (Wildman–Crippen LogP) is 2.28. The third kappa shape index (κ3) is 4.40. The Morgan fingerprint density at radius 3 is 2.45 bits per heavy atom. The molecule has 0 atom stereocenters. The van der Waals surface area contributed by atoms with Crippen LogP contribution in [0.15, 0.2) is 49.1 Å². The van der Waals surface area contributed by atoms with Gasteiger partial charge in [-0.05, 0) is 30.3 Å². The number of carbonyl (C=O) groups is 4. The number of ether oxygens (including phenoxy) is 3. The van der Waals surface area contributed by atoms with E-state index in [1.807, 2.05) is 0 Å². The Kier molecular flexibility index (Phi) is 6.35. The van der Waals surface area contributed by atoms with Crippen LogP contribution >= 0.6 is 0 Å². The third-order valence-electron chi connectivity index (χ3n) is 4.53. The Bertz CT molecular complexity index is 1080. The molecule has 0 saturated carbocycles. The highest BCUT2D eigenvalue weighted by Gasteiger charge is 2.35. The third-order valence-corrected chi connectivity index (χ3v) is 4.53. The molecule has 3 amide bonds. The summed E-state index contributed by atoms with van der Waals surface area (Å²) >= 11 is 0. The summed E-state index contributed by atoms with van der Waals surface area (Å²) in [5.41, 5.74) is 0.706. The second-order valence-electron chi connectivity index (χ2n) is 6.46. The summed E-state index contributed by atoms with van der Waals surface area (Å²) in [4.78, 5) is 50.2. The number of esters is 1. The molecule has 0 aromatic heterocycles. The minimum Gasteiger partial charge on any atom is -0.497 e. The van der Waals surface area contributed by atoms with Gasteiger partial charge in [-0.25, -0.2) is 4.79 Å². The van der Waals surface area contributed by atoms with Crippen LogP contribution in [-0.2, 0) is 9.53 Å². The molecular weight excluding hydrogens is 404 g/mol. The van der Waals surface area contributed by atoms with Gasteiger partial charge in [0.25, 0.3) is 17.7 Å². The first kappa shape index (κ1) is 21.6. The van der Waals surface area contributed by atoms with Crippen molar-refractivity contribution in [2.75, 3.05) is 32.7 Å². The van der Waals surface area contributed by atoms with Crippen LogP contribution in [-0.4, -0.2) is 56.0 Å². The van der Waals surface area contributed by atoms with E-state index in [1.165, 1.54) is 38.5 Å². The molecule has 9 nitrogen and oxygen atoms in total. The second kappa shape index (κ2) is 9.12. The summed E-state index contributed by atoms with van der Waals surface area (Å²) in [6, 6.07) is 8.90. The molecule has 0 fully saturated rings. The Balaban J connectivity index is 1.66. The molecule has 2 aromatic carbocycles. The number of nitrogens with zero attached hydrogens (tertiary/aromatic N) is 1. The van der Waals surface area contributed by atoms with E-state index in [2.05, 4.69) is 11.9 Å². The van der Waals surface area contributed by atoms with E-state index >= 15 is 0 Å². The molecule has 1 heterocycles. The number of anilines is 1. The van der Waals surface area contributed by atoms with E-state index in [0.29, 0.717) is 17.2 Å². The number of nitrogens with one attached hydrogen (secondary N) is 1. The van der Waals surface area contributed by atoms with Crippen LogP contribution in [0.5, 0.6) is 11.5 Å². The van der Waals surface area contributed by atoms with Gasteiger partial charge in [0.2, 0.25) is 0 Å². The lowest BCUT2D eigenvalue weighted by Gasteiger charge is -2.12. The quantitative estimate of drug-likeness (QED) is 0.393. The summed E-state index contributed by atoms with van der Waals surface area (Å²) in [6.45, 7) is 3.03. The number of hydrogen-bond donors (Lipinski definition) is 1. The van der Waals surface area contributed by atoms with Gasteiger partial charge in [0.1, 0.15) is 11.5 Å². The number of imide groups is 1. The molecule has 3 rings (SSSR count). The fourth-order valence-electron chi connectivity index (χ4n) is 3.03. The largest absolute Gasteiger partial charge is 0.497 e. The molecular formula is C22H20N2O7. The zero-order valence-corrected chi connectivity index (χ0v) is 17.0. The van der Waals surface area contributed by atoms with Crippen LogP contribution in [0.25, 0.3) is 0 Å². The molecule has 160 valence electrons. The first-order chi connectivity index (χ1) is 14.9. The molecule has 0 unspecified atom stereocenters. The lowest BCUT2D eigenvalue weighted by Crippen LogP contribution is -2.29. The monoisotopic (exact) mass is 424 g/mol. The average molecular weight is 424 g/mol. The molecule has 1 N–H and O–H groups in total. The Labute approximate surface area is 178 Å². The number of rotatable bonds is 8. The maximum absolute atomic E-state index is 12.4. The van der Waals surface area contributed by atoms with E-state index < -0.39 is 30.3 Å². The van der Waals surface area contributed by atoms with E-state index in [1.54, 1.807) is 18.2 Å². The van der Waals surface area contributed by atoms with Gasteiger partial charge in [0.15, 0.2) is 6.61 Å². The minimum atomic E-state index is -0.807. The Morgan fingerprint density at radius 2 is 1.77 bits per heavy atom. The number of hydrogen-bond acceptors (Lipinski definition) is 7. The lowest BCUT2D eigenvalue weighted by atomic mass is 10.1. The zero-order chi connectivity index (χ0) is 22.5. The molecule has 0 spiro atoms. The fraction of sp³-hybridized carbons (Fsp3) is 0.182. The highest BCUT2D eigenvalue weighted by molar-refractivity contribution is 6.22. The number of fused-ring (bicyclic) bond motifs is 1. The van der Waals surface area contributed by atoms with Crippen LogP contribution < -0.4 is 14.8 Å². The van der Waals surface area contributed by atoms with E-state index in [-0.39, 0.29) is 23.2 Å². The van der Waals surface area contributed by atoms with Crippen molar-refractivity contribution >= 4 is 29.4 Å². The lowest BCUT2D eigenvalue weighted by molar-refractivity contribution is -0.119. The van der Waals surface area contributed by atoms with Gasteiger partial charge in [-0.2, -0.15) is 0 Å². The van der Waals surface area contributed by atoms with Crippen molar-refractivity contribution in [2.45, 2.75) is 0 Å². The normalized spacial score (nSPS) is 12.3. The van der Waals surface area contributed by atoms with Crippen molar-refractivity contribution < 1.29 is 33.4 Å². The van der Waals surface area contributed by atoms with Crippen LogP contribution in [0.1, 0.15) is 31.1 Å². The molecule has 1 aliphatic heterocycles. The van der Waals surface area contributed by atoms with Gasteiger partial charge >= 0.3 is 5.97 Å². The van der Waals surface area contributed by atoms with Gasteiger partial charge < -0.3 is 19.5 Å². The Morgan fingerprint density at radius 1 is 1.03 bits per heavy atom. The van der Waals surface area contributed by atoms with Gasteiger partial charge in [-0.1, -0.05) is 6.08 Å². The van der Waals surface area contributed by atoms with Crippen LogP contribution in [0.3, 0.4) is 0 Å². The smallest absolute Gasteiger partial charge is 0.338 e. The number of carbonyl (C=O) groups excluding carboxylic acids is 4. The van der Waals surface area contributed by atoms with Gasteiger partial charge in [-0.15, -0.1) is 6.58 Å². The standard InChI is InChI=1S/C22H20N2O7/c1-4-9-24-20(26)15-7-5-13(10-16(15)21(24)27)22(28)31-12-19(25)23-17-11-14(29-2)6-8-18(17)30-3/h4-8,10-11H,1,9,12H2,2-3H3,(H,23,25). The Hall–Kier alpha value is -4.14. The first-order valence-corrected chi connectivity index (χ1v) is 9.19. The summed E-state index contributed by atoms with van der Waals surface area (Å²) in [6.07, 6.45) is 1.44. The first-order valence-electron chi connectivity index (χ1n) is 9.19. The van der Waals surface area contributed by atoms with E-state index in [4.69, 9.17) is 14.2 Å². The fourth-order valence-corrected chi connectivity index (χ4v) is 3.03. The van der Waals surface area contributed by atoms with Gasteiger partial charge in [-0.3, -0.25) is 19.3 Å². The van der Waals surface area contributed by atoms with Gasteiger partial charge in [0, 0.05) is 12.6 Å². The van der Waals surface area contributed by atoms with E-state index in [9.17, 15) is 19.2 Å². The highest BCUT2D eigenvalue weighted by Crippen LogP contribution is 2.29. The van der Waals surface area contributed by atoms with Gasteiger partial charge in [0.05, 0.1) is 36.6 Å². The molecule has 9 heteroatoms. The van der Waals surface area contributed by atoms with Crippen LogP contribution in [0.4, 0.5) is 5.69 Å². The molecule has 0 saturated heterocycles. The predicted molar refractivity (Wildman–Crippen MR) is 110 cm³/mol. The van der Waals surface area contributed by atoms with Crippen molar-refractivity contribution in [1.82, 2.24) is 4.90 Å². The number of methoxy groups -OCH3 is 2. The molecule has 0 radical (unpaired) electrons. The van der Waals surface area contributed by atoms with Crippen molar-refractivity contribution in [1.29, 1.82) is 0 Å². The maximum Gasteiger partial charge on any atom is 0.338 e. The average Bonchev–Trinajstić information content (AvgIpc) is 3.02. The zero-order valence-electron chi connectivity index (χ0n) is 17.0. The SMILES string of the molecule is C=CCN1C(=O)c2ccc(C(=O)OCC(=O)Nc3cc(OC)ccc3OC)cc2C1=O. The summed E-state index contributed by atoms with van der Waals surface area (Å²) < 4.78 is 15.3.